The first kappa shape index (κ1) is 22.2. The van der Waals surface area contributed by atoms with E-state index in [1.54, 1.807) is 35.7 Å². The van der Waals surface area contributed by atoms with Crippen molar-refractivity contribution in [3.8, 4) is 5.75 Å². The lowest BCUT2D eigenvalue weighted by molar-refractivity contribution is -0.384. The lowest BCUT2D eigenvalue weighted by Gasteiger charge is -2.22. The summed E-state index contributed by atoms with van der Waals surface area (Å²) in [5.41, 5.74) is 0.252. The van der Waals surface area contributed by atoms with Crippen LogP contribution in [0.3, 0.4) is 0 Å². The van der Waals surface area contributed by atoms with Crippen LogP contribution in [0.4, 0.5) is 10.8 Å². The number of aliphatic hydroxyl groups is 1. The number of amides is 1. The van der Waals surface area contributed by atoms with Crippen LogP contribution in [0.15, 0.2) is 65.7 Å². The molecule has 1 aliphatic rings. The van der Waals surface area contributed by atoms with Gasteiger partial charge in [0.05, 0.1) is 23.1 Å². The number of benzene rings is 2. The number of thiazole rings is 1. The molecule has 1 unspecified atom stereocenters. The monoisotopic (exact) mass is 465 g/mol. The van der Waals surface area contributed by atoms with Crippen molar-refractivity contribution in [2.75, 3.05) is 11.5 Å². The van der Waals surface area contributed by atoms with Crippen molar-refractivity contribution in [2.24, 2.45) is 0 Å². The van der Waals surface area contributed by atoms with E-state index in [0.717, 1.165) is 22.7 Å². The summed E-state index contributed by atoms with van der Waals surface area (Å²) >= 11 is 1.14. The molecule has 1 aliphatic heterocycles. The van der Waals surface area contributed by atoms with Crippen LogP contribution in [0.2, 0.25) is 0 Å². The Labute approximate surface area is 192 Å². The van der Waals surface area contributed by atoms with Gasteiger partial charge in [0.15, 0.2) is 5.13 Å². The van der Waals surface area contributed by atoms with Gasteiger partial charge in [-0.15, -0.1) is 11.3 Å². The molecule has 9 nitrogen and oxygen atoms in total. The predicted molar refractivity (Wildman–Crippen MR) is 122 cm³/mol. The van der Waals surface area contributed by atoms with Crippen LogP contribution in [0, 0.1) is 10.1 Å². The molecule has 0 saturated carbocycles. The number of anilines is 1. The number of nitro groups is 1. The Morgan fingerprint density at radius 1 is 1.24 bits per heavy atom. The topological polar surface area (TPSA) is 123 Å². The summed E-state index contributed by atoms with van der Waals surface area (Å²) in [5, 5.41) is 24.3. The Kier molecular flexibility index (Phi) is 6.18. The van der Waals surface area contributed by atoms with Gasteiger partial charge in [-0.3, -0.25) is 24.6 Å². The SMILES string of the molecule is CCCOc1ccc(C(O)=C2C(=O)C(=O)N(c3nccs3)C2c2cccc([N+](=O)[O-])c2)cc1. The zero-order valence-corrected chi connectivity index (χ0v) is 18.3. The number of carbonyl (C=O) groups excluding carboxylic acids is 2. The highest BCUT2D eigenvalue weighted by Gasteiger charge is 2.48. The van der Waals surface area contributed by atoms with Gasteiger partial charge in [0, 0.05) is 29.3 Å². The zero-order chi connectivity index (χ0) is 23.5. The number of non-ortho nitro benzene ring substituents is 1. The van der Waals surface area contributed by atoms with E-state index in [0.29, 0.717) is 23.5 Å². The van der Waals surface area contributed by atoms with Crippen LogP contribution in [-0.4, -0.2) is 33.3 Å². The Morgan fingerprint density at radius 3 is 2.64 bits per heavy atom. The first-order chi connectivity index (χ1) is 15.9. The number of aromatic nitrogens is 1. The van der Waals surface area contributed by atoms with Crippen molar-refractivity contribution < 1.29 is 24.4 Å². The Hall–Kier alpha value is -4.05. The molecule has 4 rings (SSSR count). The smallest absolute Gasteiger partial charge is 0.301 e. The number of carbonyl (C=O) groups is 2. The standard InChI is InChI=1S/C23H19N3O6S/c1-2-11-32-17-8-6-14(7-9-17)20(27)18-19(15-4-3-5-16(13-15)26(30)31)25(22(29)21(18)28)23-24-10-12-33-23/h3-10,12-13,19,27H,2,11H2,1H3. The maximum Gasteiger partial charge on any atom is 0.301 e. The van der Waals surface area contributed by atoms with Crippen molar-refractivity contribution >= 4 is 39.6 Å². The van der Waals surface area contributed by atoms with Crippen LogP contribution >= 0.6 is 11.3 Å². The third-order valence-corrected chi connectivity index (χ3v) is 5.84. The predicted octanol–water partition coefficient (Wildman–Crippen LogP) is 4.47. The highest BCUT2D eigenvalue weighted by Crippen LogP contribution is 2.43. The zero-order valence-electron chi connectivity index (χ0n) is 17.5. The molecule has 0 radical (unpaired) electrons. The first-order valence-corrected chi connectivity index (χ1v) is 11.0. The lowest BCUT2D eigenvalue weighted by Crippen LogP contribution is -2.29. The molecule has 2 aromatic carbocycles. The molecule has 1 amide bonds. The van der Waals surface area contributed by atoms with Crippen molar-refractivity contribution in [1.29, 1.82) is 0 Å². The third-order valence-electron chi connectivity index (χ3n) is 5.07. The lowest BCUT2D eigenvalue weighted by atomic mass is 9.95. The van der Waals surface area contributed by atoms with Crippen LogP contribution in [0.25, 0.3) is 5.76 Å². The van der Waals surface area contributed by atoms with E-state index in [1.807, 2.05) is 6.92 Å². The quantitative estimate of drug-likeness (QED) is 0.180. The number of nitro benzene ring substituents is 1. The Morgan fingerprint density at radius 2 is 2.00 bits per heavy atom. The molecule has 1 aromatic heterocycles. The summed E-state index contributed by atoms with van der Waals surface area (Å²) < 4.78 is 5.55. The molecule has 1 saturated heterocycles. The fourth-order valence-electron chi connectivity index (χ4n) is 3.57. The van der Waals surface area contributed by atoms with Crippen LogP contribution in [0.1, 0.15) is 30.5 Å². The number of hydrogen-bond donors (Lipinski definition) is 1. The normalized spacial score (nSPS) is 17.4. The molecule has 1 atom stereocenters. The van der Waals surface area contributed by atoms with Gasteiger partial charge in [-0.05, 0) is 36.2 Å². The number of hydrogen-bond acceptors (Lipinski definition) is 8. The van der Waals surface area contributed by atoms with Gasteiger partial charge in [0.1, 0.15) is 11.5 Å². The van der Waals surface area contributed by atoms with E-state index < -0.39 is 22.7 Å². The molecule has 1 N–H and O–H groups in total. The molecule has 10 heteroatoms. The highest BCUT2D eigenvalue weighted by atomic mass is 32.1. The molecule has 0 spiro atoms. The van der Waals surface area contributed by atoms with Gasteiger partial charge in [-0.1, -0.05) is 19.1 Å². The van der Waals surface area contributed by atoms with Crippen LogP contribution in [0.5, 0.6) is 5.75 Å². The third kappa shape index (κ3) is 4.20. The van der Waals surface area contributed by atoms with Crippen LogP contribution < -0.4 is 9.64 Å². The molecule has 0 bridgehead atoms. The summed E-state index contributed by atoms with van der Waals surface area (Å²) in [4.78, 5) is 42.1. The Balaban J connectivity index is 1.85. The van der Waals surface area contributed by atoms with Gasteiger partial charge in [0.25, 0.3) is 11.5 Å². The van der Waals surface area contributed by atoms with Crippen molar-refractivity contribution in [3.63, 3.8) is 0 Å². The van der Waals surface area contributed by atoms with Gasteiger partial charge in [0.2, 0.25) is 0 Å². The maximum absolute atomic E-state index is 13.0. The van der Waals surface area contributed by atoms with E-state index in [9.17, 15) is 24.8 Å². The summed E-state index contributed by atoms with van der Waals surface area (Å²) in [6.45, 7) is 2.52. The minimum atomic E-state index is -1.08. The minimum absolute atomic E-state index is 0.169. The fraction of sp³-hybridized carbons (Fsp3) is 0.174. The minimum Gasteiger partial charge on any atom is -0.507 e. The van der Waals surface area contributed by atoms with E-state index in [4.69, 9.17) is 4.74 Å². The number of nitrogens with zero attached hydrogens (tertiary/aromatic N) is 3. The molecular formula is C23H19N3O6S. The second kappa shape index (κ2) is 9.21. The average Bonchev–Trinajstić information content (AvgIpc) is 3.44. The van der Waals surface area contributed by atoms with E-state index in [-0.39, 0.29) is 22.2 Å². The second-order valence-electron chi connectivity index (χ2n) is 7.21. The summed E-state index contributed by atoms with van der Waals surface area (Å²) in [6, 6.07) is 11.0. The van der Waals surface area contributed by atoms with E-state index in [2.05, 4.69) is 4.98 Å². The molecular weight excluding hydrogens is 446 g/mol. The average molecular weight is 465 g/mol. The second-order valence-corrected chi connectivity index (χ2v) is 8.08. The highest BCUT2D eigenvalue weighted by molar-refractivity contribution is 7.14. The number of rotatable bonds is 7. The van der Waals surface area contributed by atoms with Gasteiger partial charge < -0.3 is 9.84 Å². The molecule has 2 heterocycles. The van der Waals surface area contributed by atoms with Gasteiger partial charge >= 0.3 is 5.91 Å². The molecule has 0 aliphatic carbocycles. The molecule has 3 aromatic rings. The maximum atomic E-state index is 13.0. The molecule has 1 fully saturated rings. The summed E-state index contributed by atoms with van der Waals surface area (Å²) in [5.74, 6) is -1.55. The van der Waals surface area contributed by atoms with Crippen molar-refractivity contribution in [1.82, 2.24) is 4.98 Å². The van der Waals surface area contributed by atoms with Crippen molar-refractivity contribution in [3.05, 3.63) is 86.9 Å². The fourth-order valence-corrected chi connectivity index (χ4v) is 4.24. The van der Waals surface area contributed by atoms with Gasteiger partial charge in [-0.2, -0.15) is 0 Å². The van der Waals surface area contributed by atoms with Crippen molar-refractivity contribution in [2.45, 2.75) is 19.4 Å². The number of Topliss-reactive ketones (excluding diaryl/α,β-unsaturated/α-hetero) is 1. The first-order valence-electron chi connectivity index (χ1n) is 10.1. The summed E-state index contributed by atoms with van der Waals surface area (Å²) in [7, 11) is 0. The number of ether oxygens (including phenoxy) is 1. The largest absolute Gasteiger partial charge is 0.507 e. The van der Waals surface area contributed by atoms with Crippen LogP contribution in [-0.2, 0) is 9.59 Å². The van der Waals surface area contributed by atoms with Gasteiger partial charge in [-0.25, -0.2) is 4.98 Å². The number of aliphatic hydroxyl groups excluding tert-OH is 1. The Bertz CT molecular complexity index is 1240. The van der Waals surface area contributed by atoms with E-state index in [1.165, 1.54) is 24.4 Å². The molecule has 168 valence electrons. The summed E-state index contributed by atoms with van der Waals surface area (Å²) in [6.07, 6.45) is 2.32. The van der Waals surface area contributed by atoms with E-state index >= 15 is 0 Å². The number of ketones is 1. The molecule has 33 heavy (non-hydrogen) atoms.